The summed E-state index contributed by atoms with van der Waals surface area (Å²) in [5, 5.41) is 9.09. The molecule has 100 valence electrons. The third kappa shape index (κ3) is 2.63. The van der Waals surface area contributed by atoms with Crippen LogP contribution < -0.4 is 0 Å². The monoisotopic (exact) mass is 254 g/mol. The predicted molar refractivity (Wildman–Crippen MR) is 64.1 cm³/mol. The molecule has 1 heterocycles. The van der Waals surface area contributed by atoms with Crippen LogP contribution in [0.15, 0.2) is 24.3 Å². The van der Waals surface area contributed by atoms with E-state index in [1.54, 1.807) is 12.2 Å². The van der Waals surface area contributed by atoms with Crippen LogP contribution in [-0.2, 0) is 19.0 Å². The largest absolute Gasteiger partial charge is 0.478 e. The Morgan fingerprint density at radius 3 is 3.00 bits per heavy atom. The SMILES string of the molecule is C=CCO[C@H]1C=C(C(=O)O)C[C@H]2OC(C)(C)O[C@@H]12. The predicted octanol–water partition coefficient (Wildman–Crippen LogP) is 1.49. The molecule has 0 amide bonds. The maximum atomic E-state index is 11.1. The van der Waals surface area contributed by atoms with E-state index in [0.29, 0.717) is 18.6 Å². The third-order valence-corrected chi connectivity index (χ3v) is 3.01. The minimum absolute atomic E-state index is 0.261. The van der Waals surface area contributed by atoms with Crippen molar-refractivity contribution in [3.8, 4) is 0 Å². The highest BCUT2D eigenvalue weighted by atomic mass is 16.8. The van der Waals surface area contributed by atoms with Crippen molar-refractivity contribution < 1.29 is 24.1 Å². The van der Waals surface area contributed by atoms with E-state index in [9.17, 15) is 4.79 Å². The number of hydrogen-bond acceptors (Lipinski definition) is 4. The fourth-order valence-corrected chi connectivity index (χ4v) is 2.36. The molecule has 3 atom stereocenters. The molecule has 0 radical (unpaired) electrons. The van der Waals surface area contributed by atoms with Gasteiger partial charge in [0.05, 0.1) is 12.7 Å². The van der Waals surface area contributed by atoms with Gasteiger partial charge in [0.15, 0.2) is 5.79 Å². The topological polar surface area (TPSA) is 65.0 Å². The maximum absolute atomic E-state index is 11.1. The van der Waals surface area contributed by atoms with Crippen molar-refractivity contribution in [2.24, 2.45) is 0 Å². The van der Waals surface area contributed by atoms with Gasteiger partial charge in [-0.15, -0.1) is 6.58 Å². The summed E-state index contributed by atoms with van der Waals surface area (Å²) in [5.74, 6) is -1.64. The number of ether oxygens (including phenoxy) is 3. The summed E-state index contributed by atoms with van der Waals surface area (Å²) in [7, 11) is 0. The second-order valence-corrected chi connectivity index (χ2v) is 4.93. The van der Waals surface area contributed by atoms with Crippen LogP contribution >= 0.6 is 0 Å². The minimum atomic E-state index is -0.936. The lowest BCUT2D eigenvalue weighted by molar-refractivity contribution is -0.154. The number of aliphatic carboxylic acids is 1. The zero-order chi connectivity index (χ0) is 13.3. The highest BCUT2D eigenvalue weighted by Crippen LogP contribution is 2.37. The Bertz CT molecular complexity index is 385. The van der Waals surface area contributed by atoms with E-state index < -0.39 is 17.9 Å². The second-order valence-electron chi connectivity index (χ2n) is 4.93. The molecule has 2 aliphatic rings. The van der Waals surface area contributed by atoms with E-state index in [-0.39, 0.29) is 12.2 Å². The first-order valence-corrected chi connectivity index (χ1v) is 5.95. The summed E-state index contributed by atoms with van der Waals surface area (Å²) < 4.78 is 17.0. The summed E-state index contributed by atoms with van der Waals surface area (Å²) in [4.78, 5) is 11.1. The number of carboxylic acids is 1. The highest BCUT2D eigenvalue weighted by molar-refractivity contribution is 5.87. The van der Waals surface area contributed by atoms with Crippen molar-refractivity contribution in [2.75, 3.05) is 6.61 Å². The van der Waals surface area contributed by atoms with Crippen molar-refractivity contribution in [3.05, 3.63) is 24.3 Å². The van der Waals surface area contributed by atoms with Gasteiger partial charge in [-0.3, -0.25) is 0 Å². The lowest BCUT2D eigenvalue weighted by Gasteiger charge is -2.28. The Balaban J connectivity index is 2.19. The van der Waals surface area contributed by atoms with Crippen LogP contribution in [0.3, 0.4) is 0 Å². The Labute approximate surface area is 106 Å². The molecule has 0 aromatic rings. The van der Waals surface area contributed by atoms with Crippen molar-refractivity contribution in [3.63, 3.8) is 0 Å². The average molecular weight is 254 g/mol. The van der Waals surface area contributed by atoms with Crippen molar-refractivity contribution >= 4 is 5.97 Å². The fraction of sp³-hybridized carbons (Fsp3) is 0.615. The van der Waals surface area contributed by atoms with Gasteiger partial charge in [0, 0.05) is 12.0 Å². The zero-order valence-electron chi connectivity index (χ0n) is 10.6. The summed E-state index contributed by atoms with van der Waals surface area (Å²) in [6.45, 7) is 7.56. The molecule has 2 rings (SSSR count). The van der Waals surface area contributed by atoms with E-state index >= 15 is 0 Å². The van der Waals surface area contributed by atoms with Gasteiger partial charge < -0.3 is 19.3 Å². The summed E-state index contributed by atoms with van der Waals surface area (Å²) in [6, 6.07) is 0. The smallest absolute Gasteiger partial charge is 0.331 e. The highest BCUT2D eigenvalue weighted by Gasteiger charge is 2.48. The van der Waals surface area contributed by atoms with Crippen LogP contribution in [0.25, 0.3) is 0 Å². The lowest BCUT2D eigenvalue weighted by atomic mass is 9.92. The number of fused-ring (bicyclic) bond motifs is 1. The minimum Gasteiger partial charge on any atom is -0.478 e. The second kappa shape index (κ2) is 4.84. The summed E-state index contributed by atoms with van der Waals surface area (Å²) in [6.07, 6.45) is 2.64. The Morgan fingerprint density at radius 1 is 1.67 bits per heavy atom. The molecule has 18 heavy (non-hydrogen) atoms. The molecule has 0 unspecified atom stereocenters. The number of carbonyl (C=O) groups is 1. The molecule has 1 fully saturated rings. The molecular weight excluding hydrogens is 236 g/mol. The molecule has 1 aliphatic carbocycles. The molecule has 1 saturated heterocycles. The van der Waals surface area contributed by atoms with Crippen molar-refractivity contribution in [2.45, 2.75) is 44.4 Å². The number of carboxylic acid groups (broad SMARTS) is 1. The molecule has 0 bridgehead atoms. The van der Waals surface area contributed by atoms with Crippen molar-refractivity contribution in [1.82, 2.24) is 0 Å². The van der Waals surface area contributed by atoms with Crippen molar-refractivity contribution in [1.29, 1.82) is 0 Å². The summed E-state index contributed by atoms with van der Waals surface area (Å²) in [5.41, 5.74) is 0.312. The number of hydrogen-bond donors (Lipinski definition) is 1. The number of rotatable bonds is 4. The molecule has 1 aliphatic heterocycles. The van der Waals surface area contributed by atoms with Gasteiger partial charge >= 0.3 is 5.97 Å². The van der Waals surface area contributed by atoms with Gasteiger partial charge in [-0.2, -0.15) is 0 Å². The van der Waals surface area contributed by atoms with Gasteiger partial charge in [-0.05, 0) is 19.9 Å². The standard InChI is InChI=1S/C13H18O5/c1-4-5-16-9-6-8(12(14)15)7-10-11(9)18-13(2,3)17-10/h4,6,9-11H,1,5,7H2,2-3H3,(H,14,15)/t9-,10+,11-/m0/s1. The van der Waals surface area contributed by atoms with Crippen LogP contribution in [0.2, 0.25) is 0 Å². The molecule has 0 aromatic carbocycles. The molecule has 1 N–H and O–H groups in total. The quantitative estimate of drug-likeness (QED) is 0.770. The van der Waals surface area contributed by atoms with E-state index in [1.807, 2.05) is 13.8 Å². The average Bonchev–Trinajstić information content (AvgIpc) is 2.59. The molecular formula is C13H18O5. The first kappa shape index (κ1) is 13.3. The molecule has 0 aromatic heterocycles. The van der Waals surface area contributed by atoms with Crippen LogP contribution in [0.1, 0.15) is 20.3 Å². The Hall–Kier alpha value is -1.17. The van der Waals surface area contributed by atoms with Gasteiger partial charge in [0.1, 0.15) is 12.2 Å². The zero-order valence-corrected chi connectivity index (χ0v) is 10.6. The van der Waals surface area contributed by atoms with Gasteiger partial charge in [-0.1, -0.05) is 6.08 Å². The third-order valence-electron chi connectivity index (χ3n) is 3.01. The van der Waals surface area contributed by atoms with Gasteiger partial charge in [0.2, 0.25) is 0 Å². The maximum Gasteiger partial charge on any atom is 0.331 e. The van der Waals surface area contributed by atoms with E-state index in [4.69, 9.17) is 19.3 Å². The Kier molecular flexibility index (Phi) is 3.56. The normalized spacial score (nSPS) is 33.7. The Morgan fingerprint density at radius 2 is 2.39 bits per heavy atom. The summed E-state index contributed by atoms with van der Waals surface area (Å²) >= 11 is 0. The van der Waals surface area contributed by atoms with Crippen LogP contribution in [-0.4, -0.2) is 41.8 Å². The first-order valence-electron chi connectivity index (χ1n) is 5.95. The fourth-order valence-electron chi connectivity index (χ4n) is 2.36. The van der Waals surface area contributed by atoms with E-state index in [1.165, 1.54) is 0 Å². The molecule has 5 nitrogen and oxygen atoms in total. The van der Waals surface area contributed by atoms with Gasteiger partial charge in [-0.25, -0.2) is 4.79 Å². The van der Waals surface area contributed by atoms with E-state index in [0.717, 1.165) is 0 Å². The van der Waals surface area contributed by atoms with Gasteiger partial charge in [0.25, 0.3) is 0 Å². The van der Waals surface area contributed by atoms with Crippen LogP contribution in [0, 0.1) is 0 Å². The molecule has 0 saturated carbocycles. The lowest BCUT2D eigenvalue weighted by Crippen LogP contribution is -2.40. The molecule has 0 spiro atoms. The van der Waals surface area contributed by atoms with E-state index in [2.05, 4.69) is 6.58 Å². The molecule has 5 heteroatoms. The van der Waals surface area contributed by atoms with Crippen LogP contribution in [0.4, 0.5) is 0 Å². The first-order chi connectivity index (χ1) is 8.43. The van der Waals surface area contributed by atoms with Crippen LogP contribution in [0.5, 0.6) is 0 Å².